The molecule has 0 radical (unpaired) electrons. The summed E-state index contributed by atoms with van der Waals surface area (Å²) in [6.45, 7) is 3.67. The highest BCUT2D eigenvalue weighted by molar-refractivity contribution is 9.09. The quantitative estimate of drug-likeness (QED) is 0.539. The Morgan fingerprint density at radius 3 is 2.36 bits per heavy atom. The molecular formula is C12H24BrN. The number of hydrogen-bond acceptors (Lipinski definition) is 1. The van der Waals surface area contributed by atoms with E-state index in [2.05, 4.69) is 34.8 Å². The van der Waals surface area contributed by atoms with Gasteiger partial charge in [0.15, 0.2) is 0 Å². The van der Waals surface area contributed by atoms with Crippen LogP contribution in [-0.4, -0.2) is 29.9 Å². The molecule has 84 valence electrons. The van der Waals surface area contributed by atoms with Crippen molar-refractivity contribution in [3.8, 4) is 0 Å². The van der Waals surface area contributed by atoms with Crippen molar-refractivity contribution < 1.29 is 0 Å². The van der Waals surface area contributed by atoms with E-state index in [1.165, 1.54) is 45.1 Å². The van der Waals surface area contributed by atoms with Gasteiger partial charge < -0.3 is 4.90 Å². The van der Waals surface area contributed by atoms with Crippen molar-refractivity contribution in [3.05, 3.63) is 0 Å². The third-order valence-electron chi connectivity index (χ3n) is 3.50. The third-order valence-corrected chi connectivity index (χ3v) is 4.06. The van der Waals surface area contributed by atoms with Crippen molar-refractivity contribution in [2.45, 2.75) is 51.5 Å². The van der Waals surface area contributed by atoms with E-state index in [0.717, 1.165) is 17.3 Å². The molecule has 1 aliphatic carbocycles. The molecule has 0 atom stereocenters. The summed E-state index contributed by atoms with van der Waals surface area (Å²) < 4.78 is 0. The lowest BCUT2D eigenvalue weighted by molar-refractivity contribution is 0.168. The van der Waals surface area contributed by atoms with Crippen LogP contribution in [0.5, 0.6) is 0 Å². The van der Waals surface area contributed by atoms with Gasteiger partial charge in [0.05, 0.1) is 0 Å². The molecule has 0 aliphatic heterocycles. The van der Waals surface area contributed by atoms with E-state index < -0.39 is 0 Å². The molecule has 1 fully saturated rings. The van der Waals surface area contributed by atoms with Gasteiger partial charge >= 0.3 is 0 Å². The first-order chi connectivity index (χ1) is 6.74. The zero-order valence-corrected chi connectivity index (χ0v) is 11.2. The van der Waals surface area contributed by atoms with E-state index in [1.807, 2.05) is 0 Å². The summed E-state index contributed by atoms with van der Waals surface area (Å²) in [7, 11) is 2.30. The van der Waals surface area contributed by atoms with Gasteiger partial charge in [-0.15, -0.1) is 0 Å². The Kier molecular flexibility index (Phi) is 6.11. The molecule has 1 nitrogen and oxygen atoms in total. The van der Waals surface area contributed by atoms with Crippen LogP contribution < -0.4 is 0 Å². The average molecular weight is 262 g/mol. The second-order valence-electron chi connectivity index (χ2n) is 4.79. The normalized spacial score (nSPS) is 28.3. The number of rotatable bonds is 5. The van der Waals surface area contributed by atoms with Gasteiger partial charge in [0.1, 0.15) is 0 Å². The minimum Gasteiger partial charge on any atom is -0.303 e. The van der Waals surface area contributed by atoms with E-state index in [9.17, 15) is 0 Å². The maximum atomic E-state index is 3.48. The highest BCUT2D eigenvalue weighted by Gasteiger charge is 2.20. The van der Waals surface area contributed by atoms with Gasteiger partial charge in [-0.2, -0.15) is 0 Å². The van der Waals surface area contributed by atoms with E-state index in [-0.39, 0.29) is 0 Å². The first-order valence-corrected chi connectivity index (χ1v) is 7.12. The van der Waals surface area contributed by atoms with Gasteiger partial charge in [0, 0.05) is 11.4 Å². The van der Waals surface area contributed by atoms with Crippen molar-refractivity contribution in [2.24, 2.45) is 5.92 Å². The number of halogens is 1. The molecule has 0 bridgehead atoms. The van der Waals surface area contributed by atoms with Crippen molar-refractivity contribution in [1.29, 1.82) is 0 Å². The Bertz CT molecular complexity index is 141. The van der Waals surface area contributed by atoms with Gasteiger partial charge in [-0.25, -0.2) is 0 Å². The van der Waals surface area contributed by atoms with E-state index in [1.54, 1.807) is 0 Å². The summed E-state index contributed by atoms with van der Waals surface area (Å²) in [6, 6.07) is 0.876. The largest absolute Gasteiger partial charge is 0.303 e. The molecule has 0 spiro atoms. The predicted octanol–water partition coefficient (Wildman–Crippen LogP) is 3.67. The maximum absolute atomic E-state index is 3.48. The molecule has 0 aromatic heterocycles. The minimum atomic E-state index is 0.876. The van der Waals surface area contributed by atoms with Crippen LogP contribution in [0.4, 0.5) is 0 Å². The topological polar surface area (TPSA) is 3.24 Å². The molecule has 0 aromatic rings. The fourth-order valence-corrected chi connectivity index (χ4v) is 2.72. The zero-order valence-electron chi connectivity index (χ0n) is 9.64. The third kappa shape index (κ3) is 4.31. The molecule has 1 aliphatic rings. The zero-order chi connectivity index (χ0) is 10.4. The Hall–Kier alpha value is 0.440. The van der Waals surface area contributed by atoms with Crippen molar-refractivity contribution in [1.82, 2.24) is 4.90 Å². The second-order valence-corrected chi connectivity index (χ2v) is 5.58. The summed E-state index contributed by atoms with van der Waals surface area (Å²) >= 11 is 3.48. The van der Waals surface area contributed by atoms with Gasteiger partial charge in [0.25, 0.3) is 0 Å². The molecule has 0 unspecified atom stereocenters. The summed E-state index contributed by atoms with van der Waals surface area (Å²) in [6.07, 6.45) is 8.38. The van der Waals surface area contributed by atoms with Crippen LogP contribution in [0.25, 0.3) is 0 Å². The SMILES string of the molecule is CC1CCC(N(C)CCCCBr)CC1. The highest BCUT2D eigenvalue weighted by Crippen LogP contribution is 2.26. The summed E-state index contributed by atoms with van der Waals surface area (Å²) in [5.41, 5.74) is 0. The van der Waals surface area contributed by atoms with E-state index in [4.69, 9.17) is 0 Å². The standard InChI is InChI=1S/C12H24BrN/c1-11-5-7-12(8-6-11)14(2)10-4-3-9-13/h11-12H,3-10H2,1-2H3. The van der Waals surface area contributed by atoms with Crippen LogP contribution >= 0.6 is 15.9 Å². The van der Waals surface area contributed by atoms with Crippen LogP contribution in [0.3, 0.4) is 0 Å². The number of unbranched alkanes of at least 4 members (excludes halogenated alkanes) is 1. The van der Waals surface area contributed by atoms with Crippen molar-refractivity contribution in [3.63, 3.8) is 0 Å². The fraction of sp³-hybridized carbons (Fsp3) is 1.00. The first-order valence-electron chi connectivity index (χ1n) is 6.00. The van der Waals surface area contributed by atoms with Crippen molar-refractivity contribution >= 4 is 15.9 Å². The summed E-state index contributed by atoms with van der Waals surface area (Å²) in [5, 5.41) is 1.16. The van der Waals surface area contributed by atoms with Crippen LogP contribution in [0.2, 0.25) is 0 Å². The Morgan fingerprint density at radius 2 is 1.79 bits per heavy atom. The maximum Gasteiger partial charge on any atom is 0.00924 e. The molecule has 1 saturated carbocycles. The van der Waals surface area contributed by atoms with Crippen LogP contribution in [0.1, 0.15) is 45.4 Å². The Labute approximate surface area is 97.4 Å². The predicted molar refractivity (Wildman–Crippen MR) is 67.1 cm³/mol. The number of nitrogens with zero attached hydrogens (tertiary/aromatic N) is 1. The van der Waals surface area contributed by atoms with Gasteiger partial charge in [-0.05, 0) is 58.0 Å². The second kappa shape index (κ2) is 6.84. The van der Waals surface area contributed by atoms with Gasteiger partial charge in [-0.3, -0.25) is 0 Å². The van der Waals surface area contributed by atoms with Gasteiger partial charge in [0.2, 0.25) is 0 Å². The van der Waals surface area contributed by atoms with Gasteiger partial charge in [-0.1, -0.05) is 22.9 Å². The van der Waals surface area contributed by atoms with Crippen LogP contribution in [0, 0.1) is 5.92 Å². The van der Waals surface area contributed by atoms with E-state index in [0.29, 0.717) is 0 Å². The average Bonchev–Trinajstić information content (AvgIpc) is 2.19. The van der Waals surface area contributed by atoms with Crippen molar-refractivity contribution in [2.75, 3.05) is 18.9 Å². The molecule has 0 saturated heterocycles. The fourth-order valence-electron chi connectivity index (χ4n) is 2.32. The van der Waals surface area contributed by atoms with E-state index >= 15 is 0 Å². The molecule has 0 aromatic carbocycles. The Morgan fingerprint density at radius 1 is 1.14 bits per heavy atom. The van der Waals surface area contributed by atoms with Crippen LogP contribution in [-0.2, 0) is 0 Å². The molecule has 2 heteroatoms. The summed E-state index contributed by atoms with van der Waals surface area (Å²) in [4.78, 5) is 2.58. The van der Waals surface area contributed by atoms with Crippen LogP contribution in [0.15, 0.2) is 0 Å². The molecule has 0 N–H and O–H groups in total. The lowest BCUT2D eigenvalue weighted by Crippen LogP contribution is -2.35. The smallest absolute Gasteiger partial charge is 0.00924 e. The highest BCUT2D eigenvalue weighted by atomic mass is 79.9. The first kappa shape index (κ1) is 12.5. The summed E-state index contributed by atoms with van der Waals surface area (Å²) in [5.74, 6) is 0.974. The molecular weight excluding hydrogens is 238 g/mol. The molecule has 0 heterocycles. The number of hydrogen-bond donors (Lipinski definition) is 0. The monoisotopic (exact) mass is 261 g/mol. The molecule has 14 heavy (non-hydrogen) atoms. The molecule has 1 rings (SSSR count). The Balaban J connectivity index is 2.13. The lowest BCUT2D eigenvalue weighted by atomic mass is 9.87. The molecule has 0 amide bonds. The number of alkyl halides is 1. The minimum absolute atomic E-state index is 0.876. The lowest BCUT2D eigenvalue weighted by Gasteiger charge is -2.33.